The highest BCUT2D eigenvalue weighted by Gasteiger charge is 2.52. The molecule has 5 unspecified atom stereocenters. The van der Waals surface area contributed by atoms with Gasteiger partial charge in [-0.2, -0.15) is 0 Å². The lowest BCUT2D eigenvalue weighted by atomic mass is 9.75. The molecule has 2 aliphatic heterocycles. The predicted octanol–water partition coefficient (Wildman–Crippen LogP) is 3.15. The van der Waals surface area contributed by atoms with Crippen molar-refractivity contribution in [2.24, 2.45) is 17.8 Å². The number of benzene rings is 1. The summed E-state index contributed by atoms with van der Waals surface area (Å²) < 4.78 is 11.0. The van der Waals surface area contributed by atoms with Crippen molar-refractivity contribution >= 4 is 17.8 Å². The van der Waals surface area contributed by atoms with Crippen LogP contribution in [0.25, 0.3) is 0 Å². The Morgan fingerprint density at radius 3 is 2.57 bits per heavy atom. The van der Waals surface area contributed by atoms with Crippen molar-refractivity contribution in [1.82, 2.24) is 10.6 Å². The third-order valence-electron chi connectivity index (χ3n) is 8.48. The number of hydrogen-bond donors (Lipinski definition) is 3. The lowest BCUT2D eigenvalue weighted by Crippen LogP contribution is -2.53. The molecule has 2 heterocycles. The van der Waals surface area contributed by atoms with Crippen LogP contribution in [0.5, 0.6) is 0 Å². The molecule has 0 radical (unpaired) electrons. The zero-order valence-corrected chi connectivity index (χ0v) is 22.0. The van der Waals surface area contributed by atoms with Crippen LogP contribution in [0.2, 0.25) is 0 Å². The summed E-state index contributed by atoms with van der Waals surface area (Å²) in [5.41, 5.74) is 1.31. The number of unbranched alkanes of at least 4 members (excludes halogenated alkanes) is 1. The predicted molar refractivity (Wildman–Crippen MR) is 139 cm³/mol. The fourth-order valence-corrected chi connectivity index (χ4v) is 6.49. The van der Waals surface area contributed by atoms with E-state index in [0.29, 0.717) is 18.5 Å². The molecule has 8 heteroatoms. The smallest absolute Gasteiger partial charge is 0.338 e. The molecule has 3 fully saturated rings. The van der Waals surface area contributed by atoms with E-state index < -0.39 is 24.5 Å². The summed E-state index contributed by atoms with van der Waals surface area (Å²) in [6.45, 7) is 0.0826. The highest BCUT2D eigenvalue weighted by molar-refractivity contribution is 5.91. The van der Waals surface area contributed by atoms with Crippen LogP contribution in [0.1, 0.15) is 80.1 Å². The van der Waals surface area contributed by atoms with Gasteiger partial charge in [0.25, 0.3) is 0 Å². The first-order valence-corrected chi connectivity index (χ1v) is 14.0. The van der Waals surface area contributed by atoms with Crippen LogP contribution in [-0.4, -0.2) is 61.4 Å². The van der Waals surface area contributed by atoms with Crippen LogP contribution in [0.4, 0.5) is 0 Å². The average molecular weight is 515 g/mol. The van der Waals surface area contributed by atoms with Crippen molar-refractivity contribution in [1.29, 1.82) is 0 Å². The molecule has 2 saturated heterocycles. The number of ether oxygens (including phenoxy) is 2. The second-order valence-electron chi connectivity index (χ2n) is 10.9. The van der Waals surface area contributed by atoms with Crippen LogP contribution in [0, 0.1) is 17.8 Å². The second-order valence-corrected chi connectivity index (χ2v) is 10.9. The van der Waals surface area contributed by atoms with Gasteiger partial charge in [-0.3, -0.25) is 9.59 Å². The first-order valence-electron chi connectivity index (χ1n) is 14.0. The normalized spacial score (nSPS) is 26.0. The van der Waals surface area contributed by atoms with E-state index in [-0.39, 0.29) is 29.9 Å². The highest BCUT2D eigenvalue weighted by Crippen LogP contribution is 2.45. The molecular weight excluding hydrogens is 472 g/mol. The van der Waals surface area contributed by atoms with E-state index in [0.717, 1.165) is 37.2 Å². The number of hydrogen-bond acceptors (Lipinski definition) is 6. The zero-order chi connectivity index (χ0) is 26.2. The van der Waals surface area contributed by atoms with Crippen molar-refractivity contribution in [3.05, 3.63) is 35.4 Å². The summed E-state index contributed by atoms with van der Waals surface area (Å²) in [5, 5.41) is 15.5. The Morgan fingerprint density at radius 1 is 1.05 bits per heavy atom. The van der Waals surface area contributed by atoms with Crippen LogP contribution >= 0.6 is 0 Å². The Morgan fingerprint density at radius 2 is 1.81 bits per heavy atom. The van der Waals surface area contributed by atoms with E-state index in [4.69, 9.17) is 9.47 Å². The number of carbonyl (C=O) groups is 3. The number of amides is 2. The minimum Gasteiger partial charge on any atom is -0.465 e. The number of nitrogens with one attached hydrogen (secondary N) is 2. The topological polar surface area (TPSA) is 114 Å². The lowest BCUT2D eigenvalue weighted by molar-refractivity contribution is -0.133. The van der Waals surface area contributed by atoms with Gasteiger partial charge in [-0.05, 0) is 43.2 Å². The summed E-state index contributed by atoms with van der Waals surface area (Å²) in [4.78, 5) is 38.3. The van der Waals surface area contributed by atoms with Crippen LogP contribution in [0.15, 0.2) is 24.3 Å². The molecular formula is C29H42N2O6. The SMILES string of the molecule is COC(=O)c1ccccc1CC1C2CCC(O2)C1C(=O)NC(CO)C(=O)NCCCCC1CCCCC1. The fraction of sp³-hybridized carbons (Fsp3) is 0.690. The van der Waals surface area contributed by atoms with E-state index in [1.807, 2.05) is 12.1 Å². The first-order chi connectivity index (χ1) is 18.0. The highest BCUT2D eigenvalue weighted by atomic mass is 16.5. The van der Waals surface area contributed by atoms with Crippen LogP contribution in [-0.2, 0) is 25.5 Å². The van der Waals surface area contributed by atoms with Gasteiger partial charge in [-0.25, -0.2) is 4.79 Å². The monoisotopic (exact) mass is 514 g/mol. The van der Waals surface area contributed by atoms with E-state index in [9.17, 15) is 19.5 Å². The average Bonchev–Trinajstić information content (AvgIpc) is 3.54. The molecule has 1 aliphatic carbocycles. The van der Waals surface area contributed by atoms with Gasteiger partial charge in [-0.15, -0.1) is 0 Å². The van der Waals surface area contributed by atoms with Crippen molar-refractivity contribution in [3.8, 4) is 0 Å². The number of aliphatic hydroxyl groups is 1. The number of carbonyl (C=O) groups excluding carboxylic acids is 3. The fourth-order valence-electron chi connectivity index (χ4n) is 6.49. The molecule has 4 rings (SSSR count). The number of aliphatic hydroxyl groups excluding tert-OH is 1. The van der Waals surface area contributed by atoms with E-state index >= 15 is 0 Å². The molecule has 3 aliphatic rings. The molecule has 0 spiro atoms. The van der Waals surface area contributed by atoms with Gasteiger partial charge in [0.05, 0.1) is 37.4 Å². The molecule has 37 heavy (non-hydrogen) atoms. The van der Waals surface area contributed by atoms with Crippen molar-refractivity contribution in [3.63, 3.8) is 0 Å². The summed E-state index contributed by atoms with van der Waals surface area (Å²) in [7, 11) is 1.35. The Hall–Kier alpha value is -2.45. The van der Waals surface area contributed by atoms with Crippen molar-refractivity contribution < 1.29 is 29.0 Å². The Balaban J connectivity index is 1.30. The largest absolute Gasteiger partial charge is 0.465 e. The molecule has 1 aromatic carbocycles. The third-order valence-corrected chi connectivity index (χ3v) is 8.48. The van der Waals surface area contributed by atoms with E-state index in [2.05, 4.69) is 10.6 Å². The van der Waals surface area contributed by atoms with Gasteiger partial charge < -0.3 is 25.2 Å². The molecule has 2 amide bonds. The molecule has 3 N–H and O–H groups in total. The number of methoxy groups -OCH3 is 1. The molecule has 1 saturated carbocycles. The summed E-state index contributed by atoms with van der Waals surface area (Å²) in [5.74, 6) is -0.778. The minimum atomic E-state index is -0.993. The molecule has 1 aromatic rings. The van der Waals surface area contributed by atoms with Crippen LogP contribution < -0.4 is 10.6 Å². The van der Waals surface area contributed by atoms with Gasteiger partial charge >= 0.3 is 5.97 Å². The molecule has 0 aromatic heterocycles. The Labute approximate surface area is 219 Å². The van der Waals surface area contributed by atoms with Gasteiger partial charge in [0, 0.05) is 12.5 Å². The second kappa shape index (κ2) is 13.4. The zero-order valence-electron chi connectivity index (χ0n) is 22.0. The van der Waals surface area contributed by atoms with E-state index in [1.165, 1.54) is 45.6 Å². The first kappa shape index (κ1) is 27.6. The Kier molecular flexibility index (Phi) is 9.97. The van der Waals surface area contributed by atoms with Gasteiger partial charge in [0.2, 0.25) is 11.8 Å². The molecule has 5 atom stereocenters. The Bertz CT molecular complexity index is 931. The van der Waals surface area contributed by atoms with Gasteiger partial charge in [0.1, 0.15) is 6.04 Å². The maximum Gasteiger partial charge on any atom is 0.338 e. The number of rotatable bonds is 12. The lowest BCUT2D eigenvalue weighted by Gasteiger charge is -2.29. The van der Waals surface area contributed by atoms with Crippen molar-refractivity contribution in [2.45, 2.75) is 88.9 Å². The summed E-state index contributed by atoms with van der Waals surface area (Å²) in [6, 6.07) is 6.27. The molecule has 8 nitrogen and oxygen atoms in total. The van der Waals surface area contributed by atoms with E-state index in [1.54, 1.807) is 12.1 Å². The standard InChI is InChI=1S/C29H42N2O6/c1-36-29(35)21-13-6-5-12-20(21)17-22-24-14-15-25(37-24)26(22)28(34)31-23(18-32)27(33)30-16-8-7-11-19-9-3-2-4-10-19/h5-6,12-13,19,22-26,32H,2-4,7-11,14-18H2,1H3,(H,30,33)(H,31,34). The maximum absolute atomic E-state index is 13.4. The van der Waals surface area contributed by atoms with Crippen molar-refractivity contribution in [2.75, 3.05) is 20.3 Å². The molecule has 2 bridgehead atoms. The van der Waals surface area contributed by atoms with Gasteiger partial charge in [-0.1, -0.05) is 63.1 Å². The summed E-state index contributed by atoms with van der Waals surface area (Å²) in [6.07, 6.45) is 11.7. The maximum atomic E-state index is 13.4. The quantitative estimate of drug-likeness (QED) is 0.292. The molecule has 204 valence electrons. The third kappa shape index (κ3) is 6.90. The number of fused-ring (bicyclic) bond motifs is 2. The minimum absolute atomic E-state index is 0.0722. The van der Waals surface area contributed by atoms with Gasteiger partial charge in [0.15, 0.2) is 0 Å². The summed E-state index contributed by atoms with van der Waals surface area (Å²) >= 11 is 0. The number of esters is 1. The van der Waals surface area contributed by atoms with Crippen LogP contribution in [0.3, 0.4) is 0 Å².